The second-order valence-electron chi connectivity index (χ2n) is 6.70. The van der Waals surface area contributed by atoms with Crippen molar-refractivity contribution in [2.24, 2.45) is 0 Å². The van der Waals surface area contributed by atoms with Gasteiger partial charge >= 0.3 is 0 Å². The molecular weight excluding hydrogens is 332 g/mol. The number of rotatable bonds is 2. The molecule has 132 valence electrons. The number of nitrogens with one attached hydrogen (secondary N) is 1. The van der Waals surface area contributed by atoms with Crippen molar-refractivity contribution in [3.63, 3.8) is 0 Å². The van der Waals surface area contributed by atoms with Crippen molar-refractivity contribution in [2.45, 2.75) is 37.4 Å². The lowest BCUT2D eigenvalue weighted by molar-refractivity contribution is -0.156. The minimum atomic E-state index is -1.21. The number of piperazine rings is 1. The molecular formula is C17H17F2N3O3. The highest BCUT2D eigenvalue weighted by molar-refractivity contribution is 5.98. The van der Waals surface area contributed by atoms with E-state index in [-0.39, 0.29) is 36.4 Å². The first-order valence-corrected chi connectivity index (χ1v) is 8.33. The van der Waals surface area contributed by atoms with Gasteiger partial charge in [0.15, 0.2) is 11.6 Å². The molecule has 1 aromatic carbocycles. The highest BCUT2D eigenvalue weighted by atomic mass is 19.2. The molecule has 1 aromatic rings. The largest absolute Gasteiger partial charge is 0.347 e. The van der Waals surface area contributed by atoms with Gasteiger partial charge in [-0.15, -0.1) is 0 Å². The molecule has 0 aromatic heterocycles. The number of carbonyl (C=O) groups is 3. The maximum Gasteiger partial charge on any atom is 0.254 e. The minimum absolute atomic E-state index is 0.0872. The number of nitrogens with zero attached hydrogens (tertiary/aromatic N) is 2. The van der Waals surface area contributed by atoms with E-state index in [2.05, 4.69) is 5.32 Å². The van der Waals surface area contributed by atoms with Gasteiger partial charge in [-0.3, -0.25) is 14.4 Å². The highest BCUT2D eigenvalue weighted by Gasteiger charge is 2.51. The topological polar surface area (TPSA) is 69.7 Å². The first-order valence-electron chi connectivity index (χ1n) is 8.33. The Labute approximate surface area is 142 Å². The quantitative estimate of drug-likeness (QED) is 0.853. The second-order valence-corrected chi connectivity index (χ2v) is 6.70. The van der Waals surface area contributed by atoms with Crippen molar-refractivity contribution in [3.8, 4) is 0 Å². The lowest BCUT2D eigenvalue weighted by Crippen LogP contribution is -2.60. The molecule has 3 fully saturated rings. The van der Waals surface area contributed by atoms with Crippen LogP contribution in [0.5, 0.6) is 0 Å². The zero-order chi connectivity index (χ0) is 17.7. The molecule has 0 unspecified atom stereocenters. The SMILES string of the molecule is O=C(N[C@H]1C[C@H]2C(=O)N3CCC[C@H]3C(=O)N2C1)c1cccc(F)c1F. The van der Waals surface area contributed by atoms with E-state index >= 15 is 0 Å². The molecule has 0 spiro atoms. The molecule has 3 heterocycles. The van der Waals surface area contributed by atoms with E-state index in [1.54, 1.807) is 4.90 Å². The molecule has 3 saturated heterocycles. The fourth-order valence-electron chi connectivity index (χ4n) is 4.03. The molecule has 0 bridgehead atoms. The summed E-state index contributed by atoms with van der Waals surface area (Å²) in [5.41, 5.74) is -0.386. The van der Waals surface area contributed by atoms with Crippen molar-refractivity contribution in [2.75, 3.05) is 13.1 Å². The van der Waals surface area contributed by atoms with Gasteiger partial charge in [-0.25, -0.2) is 8.78 Å². The van der Waals surface area contributed by atoms with Gasteiger partial charge < -0.3 is 15.1 Å². The number of amides is 3. The Morgan fingerprint density at radius 1 is 1.12 bits per heavy atom. The highest BCUT2D eigenvalue weighted by Crippen LogP contribution is 2.32. The second kappa shape index (κ2) is 5.79. The van der Waals surface area contributed by atoms with Crippen LogP contribution in [-0.2, 0) is 9.59 Å². The molecule has 0 radical (unpaired) electrons. The monoisotopic (exact) mass is 349 g/mol. The number of halogens is 2. The summed E-state index contributed by atoms with van der Waals surface area (Å²) in [6.45, 7) is 0.799. The Hall–Kier alpha value is -2.51. The minimum Gasteiger partial charge on any atom is -0.347 e. The summed E-state index contributed by atoms with van der Waals surface area (Å²) in [5.74, 6) is -3.22. The van der Waals surface area contributed by atoms with Gasteiger partial charge in [0.25, 0.3) is 5.91 Å². The van der Waals surface area contributed by atoms with Crippen molar-refractivity contribution < 1.29 is 23.2 Å². The van der Waals surface area contributed by atoms with E-state index in [9.17, 15) is 23.2 Å². The molecule has 3 amide bonds. The Balaban J connectivity index is 1.49. The fraction of sp³-hybridized carbons (Fsp3) is 0.471. The first-order chi connectivity index (χ1) is 12.0. The third-order valence-electron chi connectivity index (χ3n) is 5.22. The van der Waals surface area contributed by atoms with Gasteiger partial charge in [0.2, 0.25) is 11.8 Å². The van der Waals surface area contributed by atoms with Crippen LogP contribution in [0.15, 0.2) is 18.2 Å². The predicted molar refractivity (Wildman–Crippen MR) is 82.5 cm³/mol. The van der Waals surface area contributed by atoms with Gasteiger partial charge in [-0.1, -0.05) is 6.07 Å². The molecule has 6 nitrogen and oxygen atoms in total. The lowest BCUT2D eigenvalue weighted by atomic mass is 10.1. The summed E-state index contributed by atoms with van der Waals surface area (Å²) < 4.78 is 27.0. The van der Waals surface area contributed by atoms with Crippen LogP contribution in [0, 0.1) is 11.6 Å². The van der Waals surface area contributed by atoms with E-state index in [4.69, 9.17) is 0 Å². The molecule has 25 heavy (non-hydrogen) atoms. The summed E-state index contributed by atoms with van der Waals surface area (Å²) in [6.07, 6.45) is 1.78. The molecule has 3 aliphatic rings. The molecule has 8 heteroatoms. The van der Waals surface area contributed by atoms with Crippen LogP contribution < -0.4 is 5.32 Å². The Bertz CT molecular complexity index is 740. The number of hydrogen-bond donors (Lipinski definition) is 1. The average molecular weight is 349 g/mol. The summed E-state index contributed by atoms with van der Waals surface area (Å²) in [6, 6.07) is 1.96. The van der Waals surface area contributed by atoms with Gasteiger partial charge in [0.05, 0.1) is 5.56 Å². The van der Waals surface area contributed by atoms with E-state index in [1.165, 1.54) is 17.0 Å². The molecule has 3 aliphatic heterocycles. The third kappa shape index (κ3) is 2.47. The summed E-state index contributed by atoms with van der Waals surface area (Å²) in [5, 5.41) is 2.62. The van der Waals surface area contributed by atoms with Crippen LogP contribution in [0.4, 0.5) is 8.78 Å². The maximum atomic E-state index is 13.7. The maximum absolute atomic E-state index is 13.7. The van der Waals surface area contributed by atoms with Crippen molar-refractivity contribution in [1.82, 2.24) is 15.1 Å². The zero-order valence-corrected chi connectivity index (χ0v) is 13.4. The lowest BCUT2D eigenvalue weighted by Gasteiger charge is -2.38. The van der Waals surface area contributed by atoms with E-state index in [0.29, 0.717) is 13.0 Å². The van der Waals surface area contributed by atoms with Crippen LogP contribution in [0.2, 0.25) is 0 Å². The van der Waals surface area contributed by atoms with Crippen molar-refractivity contribution in [1.29, 1.82) is 0 Å². The van der Waals surface area contributed by atoms with Crippen LogP contribution in [0.1, 0.15) is 29.6 Å². The predicted octanol–water partition coefficient (Wildman–Crippen LogP) is 0.669. The van der Waals surface area contributed by atoms with Crippen LogP contribution >= 0.6 is 0 Å². The van der Waals surface area contributed by atoms with E-state index in [1.807, 2.05) is 0 Å². The summed E-state index contributed by atoms with van der Waals surface area (Å²) >= 11 is 0. The van der Waals surface area contributed by atoms with Gasteiger partial charge in [0, 0.05) is 19.1 Å². The van der Waals surface area contributed by atoms with Crippen molar-refractivity contribution in [3.05, 3.63) is 35.4 Å². The van der Waals surface area contributed by atoms with Gasteiger partial charge in [0.1, 0.15) is 12.1 Å². The third-order valence-corrected chi connectivity index (χ3v) is 5.22. The first kappa shape index (κ1) is 16.0. The van der Waals surface area contributed by atoms with E-state index < -0.39 is 29.6 Å². The average Bonchev–Trinajstić information content (AvgIpc) is 3.22. The number of hydrogen-bond acceptors (Lipinski definition) is 3. The Morgan fingerprint density at radius 2 is 1.88 bits per heavy atom. The van der Waals surface area contributed by atoms with E-state index in [0.717, 1.165) is 12.5 Å². The number of carbonyl (C=O) groups excluding carboxylic acids is 3. The van der Waals surface area contributed by atoms with Gasteiger partial charge in [-0.2, -0.15) is 0 Å². The standard InChI is InChI=1S/C17H17F2N3O3/c18-11-4-1-3-10(14(11)19)15(23)20-9-7-13-17(25)21-6-2-5-12(21)16(24)22(13)8-9/h1,3-4,9,12-13H,2,5-8H2,(H,20,23)/t9-,12-,13-/m0/s1. The smallest absolute Gasteiger partial charge is 0.254 e. The molecule has 3 atom stereocenters. The number of benzene rings is 1. The van der Waals surface area contributed by atoms with Crippen LogP contribution in [-0.4, -0.2) is 58.7 Å². The zero-order valence-electron chi connectivity index (χ0n) is 13.4. The molecule has 0 aliphatic carbocycles. The number of fused-ring (bicyclic) bond motifs is 2. The van der Waals surface area contributed by atoms with Gasteiger partial charge in [-0.05, 0) is 31.4 Å². The molecule has 4 rings (SSSR count). The Morgan fingerprint density at radius 3 is 2.68 bits per heavy atom. The molecule has 0 saturated carbocycles. The van der Waals surface area contributed by atoms with Crippen molar-refractivity contribution >= 4 is 17.7 Å². The molecule has 1 N–H and O–H groups in total. The van der Waals surface area contributed by atoms with Crippen LogP contribution in [0.3, 0.4) is 0 Å². The fourth-order valence-corrected chi connectivity index (χ4v) is 4.03. The van der Waals surface area contributed by atoms with Crippen LogP contribution in [0.25, 0.3) is 0 Å². The summed E-state index contributed by atoms with van der Waals surface area (Å²) in [7, 11) is 0. The summed E-state index contributed by atoms with van der Waals surface area (Å²) in [4.78, 5) is 40.4. The normalized spacial score (nSPS) is 28.2. The Kier molecular flexibility index (Phi) is 3.70.